The van der Waals surface area contributed by atoms with Crippen LogP contribution >= 0.6 is 11.8 Å². The Morgan fingerprint density at radius 3 is 2.53 bits per heavy atom. The monoisotopic (exact) mass is 465 g/mol. The second-order valence-electron chi connectivity index (χ2n) is 10.4. The van der Waals surface area contributed by atoms with Crippen LogP contribution in [0.5, 0.6) is 0 Å². The Morgan fingerprint density at radius 1 is 1.19 bits per heavy atom. The highest BCUT2D eigenvalue weighted by molar-refractivity contribution is 8.02. The highest BCUT2D eigenvalue weighted by atomic mass is 32.2. The van der Waals surface area contributed by atoms with E-state index in [2.05, 4.69) is 17.6 Å². The Kier molecular flexibility index (Phi) is 6.83. The summed E-state index contributed by atoms with van der Waals surface area (Å²) in [7, 11) is 0. The Labute approximate surface area is 195 Å². The van der Waals surface area contributed by atoms with Crippen molar-refractivity contribution in [1.29, 1.82) is 0 Å². The third-order valence-electron chi connectivity index (χ3n) is 8.32. The maximum atomic E-state index is 13.9. The number of nitrogens with one attached hydrogen (secondary N) is 2. The van der Waals surface area contributed by atoms with Crippen LogP contribution in [0.15, 0.2) is 0 Å². The van der Waals surface area contributed by atoms with Crippen LogP contribution in [0, 0.1) is 11.8 Å². The lowest BCUT2D eigenvalue weighted by atomic mass is 9.66. The molecule has 1 saturated carbocycles. The molecule has 32 heavy (non-hydrogen) atoms. The van der Waals surface area contributed by atoms with Crippen molar-refractivity contribution >= 4 is 29.5 Å². The molecule has 4 fully saturated rings. The number of aliphatic hydroxyl groups excluding tert-OH is 1. The summed E-state index contributed by atoms with van der Waals surface area (Å²) < 4.78 is -0.935. The van der Waals surface area contributed by atoms with Crippen molar-refractivity contribution in [2.24, 2.45) is 11.8 Å². The molecule has 7 nitrogen and oxygen atoms in total. The molecule has 0 aromatic rings. The largest absolute Gasteiger partial charge is 0.394 e. The molecule has 3 N–H and O–H groups in total. The summed E-state index contributed by atoms with van der Waals surface area (Å²) >= 11 is 1.70. The van der Waals surface area contributed by atoms with E-state index in [1.54, 1.807) is 16.7 Å². The van der Waals surface area contributed by atoms with Gasteiger partial charge in [-0.15, -0.1) is 11.8 Å². The van der Waals surface area contributed by atoms with E-state index in [-0.39, 0.29) is 35.1 Å². The van der Waals surface area contributed by atoms with Crippen molar-refractivity contribution in [1.82, 2.24) is 15.5 Å². The number of hydrogen-bond acceptors (Lipinski definition) is 5. The lowest BCUT2D eigenvalue weighted by Gasteiger charge is -2.38. The molecule has 3 heterocycles. The number of likely N-dealkylation sites (tertiary alicyclic amines) is 1. The summed E-state index contributed by atoms with van der Waals surface area (Å²) in [4.78, 5) is 42.6. The van der Waals surface area contributed by atoms with E-state index in [1.165, 1.54) is 6.42 Å². The van der Waals surface area contributed by atoms with Gasteiger partial charge in [0, 0.05) is 17.3 Å². The summed E-state index contributed by atoms with van der Waals surface area (Å²) in [6.07, 6.45) is 8.39. The number of carbonyl (C=O) groups is 3. The SMILES string of the molecule is CCCNC(=O)[C@@H]1[C@H]2C(=O)N([C@@H](CC)CO)C(C(=O)NC3CCCCC3)C23CC[C@@]1(C)S3. The van der Waals surface area contributed by atoms with Gasteiger partial charge in [-0.2, -0.15) is 0 Å². The topological polar surface area (TPSA) is 98.7 Å². The molecule has 1 aliphatic carbocycles. The van der Waals surface area contributed by atoms with Gasteiger partial charge in [-0.1, -0.05) is 33.1 Å². The van der Waals surface area contributed by atoms with Crippen LogP contribution < -0.4 is 10.6 Å². The molecule has 0 aromatic heterocycles. The van der Waals surface area contributed by atoms with Gasteiger partial charge in [-0.05, 0) is 45.4 Å². The number of nitrogens with zero attached hydrogens (tertiary/aromatic N) is 1. The van der Waals surface area contributed by atoms with Crippen LogP contribution in [0.25, 0.3) is 0 Å². The van der Waals surface area contributed by atoms with Crippen molar-refractivity contribution in [3.63, 3.8) is 0 Å². The molecule has 3 saturated heterocycles. The summed E-state index contributed by atoms with van der Waals surface area (Å²) in [5.74, 6) is -1.22. The van der Waals surface area contributed by atoms with Gasteiger partial charge in [-0.25, -0.2) is 0 Å². The Hall–Kier alpha value is -1.28. The lowest BCUT2D eigenvalue weighted by Crippen LogP contribution is -2.58. The molecule has 4 aliphatic rings. The molecule has 2 bridgehead atoms. The average Bonchev–Trinajstić information content (AvgIpc) is 3.35. The number of thioether (sulfide) groups is 1. The summed E-state index contributed by atoms with van der Waals surface area (Å²) in [5, 5.41) is 16.4. The van der Waals surface area contributed by atoms with Gasteiger partial charge in [0.15, 0.2) is 0 Å². The normalized spacial score (nSPS) is 37.4. The fourth-order valence-corrected chi connectivity index (χ4v) is 9.10. The fourth-order valence-electron chi connectivity index (χ4n) is 6.76. The number of amides is 3. The van der Waals surface area contributed by atoms with Crippen LogP contribution in [-0.2, 0) is 14.4 Å². The lowest BCUT2D eigenvalue weighted by molar-refractivity contribution is -0.143. The zero-order chi connectivity index (χ0) is 23.1. The van der Waals surface area contributed by atoms with Crippen LogP contribution in [0.2, 0.25) is 0 Å². The molecule has 8 heteroatoms. The van der Waals surface area contributed by atoms with Gasteiger partial charge in [0.2, 0.25) is 17.7 Å². The Morgan fingerprint density at radius 2 is 1.91 bits per heavy atom. The van der Waals surface area contributed by atoms with Crippen molar-refractivity contribution in [3.8, 4) is 0 Å². The first-order valence-electron chi connectivity index (χ1n) is 12.5. The van der Waals surface area contributed by atoms with Gasteiger partial charge in [0.05, 0.1) is 29.2 Å². The highest BCUT2D eigenvalue weighted by Gasteiger charge is 2.77. The third-order valence-corrected chi connectivity index (χ3v) is 10.3. The van der Waals surface area contributed by atoms with E-state index >= 15 is 0 Å². The summed E-state index contributed by atoms with van der Waals surface area (Å²) in [5.41, 5.74) is 0. The quantitative estimate of drug-likeness (QED) is 0.511. The molecule has 4 rings (SSSR count). The number of hydrogen-bond donors (Lipinski definition) is 3. The molecule has 3 aliphatic heterocycles. The smallest absolute Gasteiger partial charge is 0.244 e. The maximum absolute atomic E-state index is 13.9. The van der Waals surface area contributed by atoms with Crippen LogP contribution in [0.1, 0.15) is 78.6 Å². The van der Waals surface area contributed by atoms with E-state index < -0.39 is 28.7 Å². The van der Waals surface area contributed by atoms with E-state index in [1.807, 2.05) is 13.8 Å². The van der Waals surface area contributed by atoms with Gasteiger partial charge < -0.3 is 20.6 Å². The second kappa shape index (κ2) is 9.16. The van der Waals surface area contributed by atoms with Crippen molar-refractivity contribution in [2.75, 3.05) is 13.2 Å². The molecule has 0 radical (unpaired) electrons. The molecule has 180 valence electrons. The average molecular weight is 466 g/mol. The fraction of sp³-hybridized carbons (Fsp3) is 0.875. The van der Waals surface area contributed by atoms with Gasteiger partial charge in [0.1, 0.15) is 6.04 Å². The van der Waals surface area contributed by atoms with Gasteiger partial charge in [0.25, 0.3) is 0 Å². The van der Waals surface area contributed by atoms with Crippen LogP contribution in [-0.4, -0.2) is 68.5 Å². The summed E-state index contributed by atoms with van der Waals surface area (Å²) in [6.45, 7) is 6.46. The van der Waals surface area contributed by atoms with Crippen molar-refractivity contribution in [2.45, 2.75) is 106 Å². The zero-order valence-electron chi connectivity index (χ0n) is 19.7. The molecule has 6 atom stereocenters. The second-order valence-corrected chi connectivity index (χ2v) is 12.2. The Bertz CT molecular complexity index is 754. The van der Waals surface area contributed by atoms with Crippen molar-refractivity contribution < 1.29 is 19.5 Å². The molecule has 3 amide bonds. The zero-order valence-corrected chi connectivity index (χ0v) is 20.5. The maximum Gasteiger partial charge on any atom is 0.244 e. The van der Waals surface area contributed by atoms with Gasteiger partial charge >= 0.3 is 0 Å². The molecule has 0 aromatic carbocycles. The molecular weight excluding hydrogens is 426 g/mol. The van der Waals surface area contributed by atoms with Gasteiger partial charge in [-0.3, -0.25) is 14.4 Å². The standard InChI is InChI=1S/C24H39N3O4S/c1-4-13-25-20(29)17-18-22(31)27(16(5-2)14-28)19(24(18)12-11-23(17,3)32-24)21(30)26-15-9-7-6-8-10-15/h15-19,28H,4-14H2,1-3H3,(H,25,29)(H,26,30)/t16-,17-,18-,19?,23+,24?/m0/s1. The van der Waals surface area contributed by atoms with Crippen LogP contribution in [0.3, 0.4) is 0 Å². The van der Waals surface area contributed by atoms with E-state index in [4.69, 9.17) is 0 Å². The summed E-state index contributed by atoms with van der Waals surface area (Å²) in [6, 6.07) is -0.882. The number of aliphatic hydroxyl groups is 1. The van der Waals surface area contributed by atoms with E-state index in [0.717, 1.165) is 44.9 Å². The molecule has 1 spiro atoms. The minimum absolute atomic E-state index is 0.0629. The first kappa shape index (κ1) is 23.9. The first-order chi connectivity index (χ1) is 15.3. The van der Waals surface area contributed by atoms with Crippen LogP contribution in [0.4, 0.5) is 0 Å². The third kappa shape index (κ3) is 3.65. The van der Waals surface area contributed by atoms with E-state index in [9.17, 15) is 19.5 Å². The molecular formula is C24H39N3O4S. The predicted molar refractivity (Wildman–Crippen MR) is 125 cm³/mol. The minimum atomic E-state index is -0.630. The van der Waals surface area contributed by atoms with E-state index in [0.29, 0.717) is 13.0 Å². The minimum Gasteiger partial charge on any atom is -0.394 e. The molecule has 2 unspecified atom stereocenters. The number of fused-ring (bicyclic) bond motifs is 1. The first-order valence-corrected chi connectivity index (χ1v) is 13.4. The van der Waals surface area contributed by atoms with Crippen molar-refractivity contribution in [3.05, 3.63) is 0 Å². The highest BCUT2D eigenvalue weighted by Crippen LogP contribution is 2.71. The number of carbonyl (C=O) groups excluding carboxylic acids is 3. The predicted octanol–water partition coefficient (Wildman–Crippen LogP) is 2.21. The Balaban J connectivity index is 1.70. The number of rotatable bonds is 8.